The maximum atomic E-state index is 4.28. The second kappa shape index (κ2) is 7.18. The summed E-state index contributed by atoms with van der Waals surface area (Å²) in [5, 5.41) is 1.59. The molecular formula is C14H24SSi. The Morgan fingerprint density at radius 2 is 1.75 bits per heavy atom. The molecule has 2 heteroatoms. The predicted molar refractivity (Wildman–Crippen MR) is 81.6 cm³/mol. The number of unbranched alkanes of at least 4 members (excludes halogenated alkanes) is 1. The largest absolute Gasteiger partial charge is 0.179 e. The third-order valence-electron chi connectivity index (χ3n) is 3.32. The third kappa shape index (κ3) is 3.39. The lowest BCUT2D eigenvalue weighted by atomic mass is 9.94. The molecule has 1 aromatic rings. The summed E-state index contributed by atoms with van der Waals surface area (Å²) in [4.78, 5) is 0. The molecule has 1 rings (SSSR count). The molecule has 0 aromatic heterocycles. The molecule has 0 spiro atoms. The number of rotatable bonds is 6. The van der Waals surface area contributed by atoms with Gasteiger partial charge in [-0.1, -0.05) is 31.2 Å². The van der Waals surface area contributed by atoms with Gasteiger partial charge >= 0.3 is 0 Å². The Hall–Kier alpha value is -0.213. The van der Waals surface area contributed by atoms with Crippen LogP contribution < -0.4 is 5.19 Å². The van der Waals surface area contributed by atoms with E-state index in [1.165, 1.54) is 42.3 Å². The van der Waals surface area contributed by atoms with E-state index in [1.807, 2.05) is 0 Å². The number of thiol groups is 1. The van der Waals surface area contributed by atoms with Gasteiger partial charge in [-0.2, -0.15) is 12.6 Å². The van der Waals surface area contributed by atoms with E-state index in [2.05, 4.69) is 38.6 Å². The van der Waals surface area contributed by atoms with Gasteiger partial charge in [0.1, 0.15) is 0 Å². The summed E-state index contributed by atoms with van der Waals surface area (Å²) >= 11 is 4.28. The Labute approximate surface area is 109 Å². The van der Waals surface area contributed by atoms with Crippen LogP contribution in [0.5, 0.6) is 0 Å². The molecular weight excluding hydrogens is 228 g/mol. The topological polar surface area (TPSA) is 0 Å². The molecule has 0 bridgehead atoms. The smallest absolute Gasteiger partial charge is 0.0388 e. The van der Waals surface area contributed by atoms with E-state index >= 15 is 0 Å². The molecule has 0 atom stereocenters. The van der Waals surface area contributed by atoms with Gasteiger partial charge in [0, 0.05) is 10.2 Å². The molecule has 0 unspecified atom stereocenters. The minimum Gasteiger partial charge on any atom is -0.179 e. The summed E-state index contributed by atoms with van der Waals surface area (Å²) in [5.74, 6) is 1.01. The van der Waals surface area contributed by atoms with Crippen molar-refractivity contribution in [2.75, 3.05) is 5.75 Å². The van der Waals surface area contributed by atoms with Crippen molar-refractivity contribution in [1.82, 2.24) is 0 Å². The van der Waals surface area contributed by atoms with E-state index in [1.54, 1.807) is 21.9 Å². The Kier molecular flexibility index (Phi) is 6.21. The Morgan fingerprint density at radius 1 is 1.06 bits per heavy atom. The van der Waals surface area contributed by atoms with Crippen LogP contribution in [0.4, 0.5) is 0 Å². The second-order valence-corrected chi connectivity index (χ2v) is 5.91. The van der Waals surface area contributed by atoms with Crippen molar-refractivity contribution in [2.24, 2.45) is 0 Å². The fourth-order valence-corrected chi connectivity index (χ4v) is 3.50. The monoisotopic (exact) mass is 252 g/mol. The van der Waals surface area contributed by atoms with Gasteiger partial charge in [-0.15, -0.1) is 0 Å². The SMILES string of the molecule is CCc1c([SiH3])ccc(CCCCS)c1CC. The van der Waals surface area contributed by atoms with Crippen LogP contribution in [0, 0.1) is 0 Å². The van der Waals surface area contributed by atoms with Crippen LogP contribution in [0.1, 0.15) is 43.4 Å². The second-order valence-electron chi connectivity index (χ2n) is 4.39. The number of aryl methyl sites for hydroxylation is 1. The van der Waals surface area contributed by atoms with Crippen molar-refractivity contribution >= 4 is 28.1 Å². The zero-order chi connectivity index (χ0) is 12.0. The highest BCUT2D eigenvalue weighted by Crippen LogP contribution is 2.17. The van der Waals surface area contributed by atoms with Gasteiger partial charge in [-0.25, -0.2) is 0 Å². The van der Waals surface area contributed by atoms with Crippen molar-refractivity contribution in [3.63, 3.8) is 0 Å². The van der Waals surface area contributed by atoms with Crippen LogP contribution in [0.2, 0.25) is 0 Å². The maximum Gasteiger partial charge on any atom is 0.0388 e. The Balaban J connectivity index is 2.91. The third-order valence-corrected chi connectivity index (χ3v) is 4.58. The van der Waals surface area contributed by atoms with E-state index in [-0.39, 0.29) is 0 Å². The molecule has 16 heavy (non-hydrogen) atoms. The molecule has 1 aromatic carbocycles. The molecule has 0 radical (unpaired) electrons. The molecule has 0 aliphatic rings. The first kappa shape index (κ1) is 13.9. The Bertz CT molecular complexity index is 334. The molecule has 0 saturated carbocycles. The minimum absolute atomic E-state index is 1.01. The van der Waals surface area contributed by atoms with Crippen LogP contribution in [-0.4, -0.2) is 16.0 Å². The van der Waals surface area contributed by atoms with Crippen molar-refractivity contribution in [1.29, 1.82) is 0 Å². The average molecular weight is 252 g/mol. The lowest BCUT2D eigenvalue weighted by Gasteiger charge is -2.15. The molecule has 0 aliphatic carbocycles. The molecule has 0 heterocycles. The summed E-state index contributed by atoms with van der Waals surface area (Å²) in [5.41, 5.74) is 4.85. The summed E-state index contributed by atoms with van der Waals surface area (Å²) in [7, 11) is 1.18. The van der Waals surface area contributed by atoms with Crippen molar-refractivity contribution < 1.29 is 0 Å². The minimum atomic E-state index is 1.01. The summed E-state index contributed by atoms with van der Waals surface area (Å²) in [6.07, 6.45) is 6.13. The van der Waals surface area contributed by atoms with E-state index in [0.717, 1.165) is 5.75 Å². The average Bonchev–Trinajstić information content (AvgIpc) is 2.30. The molecule has 0 nitrogen and oxygen atoms in total. The van der Waals surface area contributed by atoms with Crippen LogP contribution >= 0.6 is 12.6 Å². The molecule has 0 saturated heterocycles. The van der Waals surface area contributed by atoms with E-state index in [9.17, 15) is 0 Å². The van der Waals surface area contributed by atoms with Crippen molar-refractivity contribution in [3.8, 4) is 0 Å². The van der Waals surface area contributed by atoms with E-state index in [4.69, 9.17) is 0 Å². The number of hydrogen-bond donors (Lipinski definition) is 1. The standard InChI is InChI=1S/C14H24SSi/c1-3-12-11(7-5-6-10-15)8-9-14(16)13(12)4-2/h8-9,15H,3-7,10H2,1-2,16H3. The van der Waals surface area contributed by atoms with Gasteiger partial charge in [0.2, 0.25) is 0 Å². The first-order valence-corrected chi connectivity index (χ1v) is 8.08. The highest BCUT2D eigenvalue weighted by Gasteiger charge is 2.07. The highest BCUT2D eigenvalue weighted by molar-refractivity contribution is 7.80. The zero-order valence-corrected chi connectivity index (χ0v) is 13.7. The molecule has 90 valence electrons. The van der Waals surface area contributed by atoms with Crippen LogP contribution in [0.3, 0.4) is 0 Å². The Morgan fingerprint density at radius 3 is 2.31 bits per heavy atom. The number of benzene rings is 1. The van der Waals surface area contributed by atoms with E-state index < -0.39 is 0 Å². The molecule has 0 fully saturated rings. The maximum absolute atomic E-state index is 4.28. The van der Waals surface area contributed by atoms with Crippen molar-refractivity contribution in [3.05, 3.63) is 28.8 Å². The van der Waals surface area contributed by atoms with E-state index in [0.29, 0.717) is 0 Å². The van der Waals surface area contributed by atoms with Crippen LogP contribution in [0.25, 0.3) is 0 Å². The molecule has 0 amide bonds. The number of hydrogen-bond acceptors (Lipinski definition) is 1. The first-order chi connectivity index (χ1) is 7.74. The summed E-state index contributed by atoms with van der Waals surface area (Å²) < 4.78 is 0. The summed E-state index contributed by atoms with van der Waals surface area (Å²) in [6.45, 7) is 4.57. The molecule has 0 aliphatic heterocycles. The van der Waals surface area contributed by atoms with Gasteiger partial charge < -0.3 is 0 Å². The fourth-order valence-electron chi connectivity index (χ4n) is 2.45. The van der Waals surface area contributed by atoms with Crippen LogP contribution in [0.15, 0.2) is 12.1 Å². The van der Waals surface area contributed by atoms with Gasteiger partial charge in [-0.05, 0) is 54.5 Å². The normalized spacial score (nSPS) is 10.9. The highest BCUT2D eigenvalue weighted by atomic mass is 32.1. The first-order valence-electron chi connectivity index (χ1n) is 6.45. The van der Waals surface area contributed by atoms with Gasteiger partial charge in [-0.3, -0.25) is 0 Å². The van der Waals surface area contributed by atoms with Gasteiger partial charge in [0.15, 0.2) is 0 Å². The predicted octanol–water partition coefficient (Wildman–Crippen LogP) is 2.05. The lowest BCUT2D eigenvalue weighted by molar-refractivity contribution is 0.793. The summed E-state index contributed by atoms with van der Waals surface area (Å²) in [6, 6.07) is 4.71. The van der Waals surface area contributed by atoms with Gasteiger partial charge in [0.25, 0.3) is 0 Å². The lowest BCUT2D eigenvalue weighted by Crippen LogP contribution is -2.14. The quantitative estimate of drug-likeness (QED) is 0.447. The fraction of sp³-hybridized carbons (Fsp3) is 0.571. The van der Waals surface area contributed by atoms with Crippen LogP contribution in [-0.2, 0) is 19.3 Å². The van der Waals surface area contributed by atoms with Gasteiger partial charge in [0.05, 0.1) is 0 Å². The van der Waals surface area contributed by atoms with Crippen molar-refractivity contribution in [2.45, 2.75) is 46.0 Å². The zero-order valence-electron chi connectivity index (χ0n) is 10.8. The molecule has 0 N–H and O–H groups in total.